The Morgan fingerprint density at radius 2 is 2.04 bits per heavy atom. The normalized spacial score (nSPS) is 12.1. The Morgan fingerprint density at radius 1 is 1.33 bits per heavy atom. The molecule has 0 aliphatic carbocycles. The molecule has 0 bridgehead atoms. The molecule has 1 aromatic carbocycles. The molecule has 2 rings (SSSR count). The molecule has 1 heterocycles. The van der Waals surface area contributed by atoms with Gasteiger partial charge in [-0.15, -0.1) is 0 Å². The van der Waals surface area contributed by atoms with Crippen molar-refractivity contribution in [2.24, 2.45) is 15.9 Å². The summed E-state index contributed by atoms with van der Waals surface area (Å²) in [4.78, 5) is 11.8. The lowest BCUT2D eigenvalue weighted by atomic mass is 10.2. The van der Waals surface area contributed by atoms with Crippen LogP contribution in [0.4, 0.5) is 24.8 Å². The Balaban J connectivity index is 2.03. The fourth-order valence-electron chi connectivity index (χ4n) is 1.63. The van der Waals surface area contributed by atoms with Crippen LogP contribution in [0, 0.1) is 5.82 Å². The molecule has 6 nitrogen and oxygen atoms in total. The van der Waals surface area contributed by atoms with Crippen LogP contribution in [0.15, 0.2) is 40.7 Å². The van der Waals surface area contributed by atoms with Crippen molar-refractivity contribution in [3.05, 3.63) is 47.0 Å². The Kier molecular flexibility index (Phi) is 6.07. The third-order valence-corrected chi connectivity index (χ3v) is 2.99. The largest absolute Gasteiger partial charge is 0.348 e. The monoisotopic (exact) mass is 356 g/mol. The number of aliphatic imine (C=N–C) groups is 1. The molecular weight excluding hydrogens is 345 g/mol. The summed E-state index contributed by atoms with van der Waals surface area (Å²) >= 11 is 5.67. The third kappa shape index (κ3) is 4.92. The average Bonchev–Trinajstić information content (AvgIpc) is 2.57. The highest BCUT2D eigenvalue weighted by Gasteiger charge is 2.13. The first-order valence-electron chi connectivity index (χ1n) is 6.59. The van der Waals surface area contributed by atoms with E-state index in [-0.39, 0.29) is 12.2 Å². The Hall–Kier alpha value is -2.68. The summed E-state index contributed by atoms with van der Waals surface area (Å²) in [5.41, 5.74) is -0.268. The first-order chi connectivity index (χ1) is 11.5. The molecule has 0 amide bonds. The fraction of sp³-hybridized carbons (Fsp3) is 0.143. The van der Waals surface area contributed by atoms with Crippen molar-refractivity contribution in [2.45, 2.75) is 6.43 Å². The molecule has 0 aliphatic heterocycles. The second-order valence-corrected chi connectivity index (χ2v) is 4.90. The number of nitrogens with zero attached hydrogens (tertiary/aromatic N) is 4. The lowest BCUT2D eigenvalue weighted by Crippen LogP contribution is -2.18. The summed E-state index contributed by atoms with van der Waals surface area (Å²) < 4.78 is 38.5. The number of halogens is 4. The first-order valence-corrected chi connectivity index (χ1v) is 6.97. The van der Waals surface area contributed by atoms with Crippen molar-refractivity contribution in [2.75, 3.05) is 11.9 Å². The number of hydrogen-bond acceptors (Lipinski definition) is 6. The van der Waals surface area contributed by atoms with Crippen molar-refractivity contribution in [1.82, 2.24) is 9.97 Å². The summed E-state index contributed by atoms with van der Waals surface area (Å²) in [7, 11) is 0. The quantitative estimate of drug-likeness (QED) is 0.472. The van der Waals surface area contributed by atoms with Crippen LogP contribution in [0.1, 0.15) is 12.0 Å². The molecule has 2 aromatic rings. The van der Waals surface area contributed by atoms with Crippen molar-refractivity contribution in [3.63, 3.8) is 0 Å². The first kappa shape index (κ1) is 17.7. The van der Waals surface area contributed by atoms with Crippen LogP contribution in [-0.2, 0) is 0 Å². The van der Waals surface area contributed by atoms with Crippen LogP contribution in [0.2, 0.25) is 5.02 Å². The highest BCUT2D eigenvalue weighted by molar-refractivity contribution is 6.32. The summed E-state index contributed by atoms with van der Waals surface area (Å²) in [5, 5.41) is 6.74. The van der Waals surface area contributed by atoms with E-state index in [0.717, 1.165) is 12.1 Å². The van der Waals surface area contributed by atoms with Gasteiger partial charge in [0, 0.05) is 0 Å². The average molecular weight is 357 g/mol. The van der Waals surface area contributed by atoms with E-state index in [1.165, 1.54) is 24.7 Å². The van der Waals surface area contributed by atoms with Crippen LogP contribution in [0.25, 0.3) is 0 Å². The number of hydrogen-bond donors (Lipinski definition) is 2. The number of aromatic nitrogens is 2. The minimum absolute atomic E-state index is 0.143. The van der Waals surface area contributed by atoms with Crippen LogP contribution in [0.3, 0.4) is 0 Å². The summed E-state index contributed by atoms with van der Waals surface area (Å²) in [6, 6.07) is 3.15. The summed E-state index contributed by atoms with van der Waals surface area (Å²) in [6.07, 6.45) is 1.17. The molecule has 3 N–H and O–H groups in total. The van der Waals surface area contributed by atoms with Gasteiger partial charge in [0.15, 0.2) is 0 Å². The van der Waals surface area contributed by atoms with Gasteiger partial charge in [0.25, 0.3) is 6.43 Å². The number of anilines is 1. The predicted molar refractivity (Wildman–Crippen MR) is 86.7 cm³/mol. The molecule has 0 spiro atoms. The van der Waals surface area contributed by atoms with E-state index in [0.29, 0.717) is 16.7 Å². The smallest absolute Gasteiger partial charge is 0.266 e. The van der Waals surface area contributed by atoms with E-state index >= 15 is 0 Å². The number of rotatable bonds is 6. The molecular formula is C14H12ClF3N6. The molecule has 24 heavy (non-hydrogen) atoms. The Labute approximate surface area is 140 Å². The Morgan fingerprint density at radius 3 is 2.67 bits per heavy atom. The van der Waals surface area contributed by atoms with E-state index < -0.39 is 17.8 Å². The maximum atomic E-state index is 13.2. The van der Waals surface area contributed by atoms with Gasteiger partial charge in [-0.1, -0.05) is 11.6 Å². The van der Waals surface area contributed by atoms with Crippen LogP contribution in [-0.4, -0.2) is 28.4 Å². The highest BCUT2D eigenvalue weighted by atomic mass is 35.5. The van der Waals surface area contributed by atoms with Gasteiger partial charge in [-0.2, -0.15) is 5.10 Å². The molecule has 1 aromatic heterocycles. The standard InChI is InChI=1S/C14H12ClF3N6/c15-8-4-21-14(22-5-8)23-7-10(24-19)6-20-9-1-2-12(16)11(3-9)13(17)18/h1-6,13H,7,19H2,(H,21,22,23). The molecule has 0 fully saturated rings. The van der Waals surface area contributed by atoms with Gasteiger partial charge >= 0.3 is 0 Å². The van der Waals surface area contributed by atoms with Gasteiger partial charge in [0.2, 0.25) is 5.95 Å². The molecule has 0 radical (unpaired) electrons. The maximum absolute atomic E-state index is 13.2. The molecule has 0 saturated carbocycles. The zero-order valence-electron chi connectivity index (χ0n) is 12.1. The van der Waals surface area contributed by atoms with Gasteiger partial charge in [-0.05, 0) is 18.2 Å². The molecule has 0 aliphatic rings. The van der Waals surface area contributed by atoms with Crippen molar-refractivity contribution >= 4 is 35.2 Å². The zero-order valence-corrected chi connectivity index (χ0v) is 12.9. The summed E-state index contributed by atoms with van der Waals surface area (Å²) in [6.45, 7) is 0.143. The van der Waals surface area contributed by atoms with E-state index in [4.69, 9.17) is 17.4 Å². The topological polar surface area (TPSA) is 88.5 Å². The minimum Gasteiger partial charge on any atom is -0.348 e. The third-order valence-electron chi connectivity index (χ3n) is 2.79. The van der Waals surface area contributed by atoms with Crippen LogP contribution < -0.4 is 11.2 Å². The van der Waals surface area contributed by atoms with Crippen molar-refractivity contribution in [3.8, 4) is 0 Å². The number of nitrogens with one attached hydrogen (secondary N) is 1. The van der Waals surface area contributed by atoms with Crippen molar-refractivity contribution in [1.29, 1.82) is 0 Å². The van der Waals surface area contributed by atoms with Crippen molar-refractivity contribution < 1.29 is 13.2 Å². The van der Waals surface area contributed by atoms with E-state index in [1.54, 1.807) is 0 Å². The lowest BCUT2D eigenvalue weighted by molar-refractivity contribution is 0.146. The number of alkyl halides is 2. The van der Waals surface area contributed by atoms with Crippen LogP contribution in [0.5, 0.6) is 0 Å². The number of nitrogens with two attached hydrogens (primary N) is 1. The second kappa shape index (κ2) is 8.25. The predicted octanol–water partition coefficient (Wildman–Crippen LogP) is 3.34. The van der Waals surface area contributed by atoms with Gasteiger partial charge < -0.3 is 11.2 Å². The van der Waals surface area contributed by atoms with Gasteiger partial charge in [-0.3, -0.25) is 4.99 Å². The number of benzene rings is 1. The molecule has 126 valence electrons. The number of hydrazone groups is 1. The van der Waals surface area contributed by atoms with Gasteiger partial charge in [-0.25, -0.2) is 23.1 Å². The maximum Gasteiger partial charge on any atom is 0.266 e. The summed E-state index contributed by atoms with van der Waals surface area (Å²) in [5.74, 6) is 4.56. The highest BCUT2D eigenvalue weighted by Crippen LogP contribution is 2.26. The SMILES string of the molecule is NN=C(C=Nc1ccc(F)c(C(F)F)c1)CNc1ncc(Cl)cn1. The van der Waals surface area contributed by atoms with E-state index in [9.17, 15) is 13.2 Å². The van der Waals surface area contributed by atoms with E-state index in [1.807, 2.05) is 0 Å². The molecule has 0 atom stereocenters. The molecule has 0 saturated heterocycles. The lowest BCUT2D eigenvalue weighted by Gasteiger charge is -2.04. The Bertz CT molecular complexity index is 749. The molecule has 0 unspecified atom stereocenters. The van der Waals surface area contributed by atoms with Gasteiger partial charge in [0.05, 0.1) is 47.1 Å². The zero-order chi connectivity index (χ0) is 17.5. The van der Waals surface area contributed by atoms with E-state index in [2.05, 4.69) is 25.4 Å². The fourth-order valence-corrected chi connectivity index (χ4v) is 1.72. The van der Waals surface area contributed by atoms with Gasteiger partial charge in [0.1, 0.15) is 5.82 Å². The minimum atomic E-state index is -2.92. The van der Waals surface area contributed by atoms with Crippen LogP contribution >= 0.6 is 11.6 Å². The second-order valence-electron chi connectivity index (χ2n) is 4.46. The molecule has 10 heteroatoms.